The van der Waals surface area contributed by atoms with Gasteiger partial charge in [-0.1, -0.05) is 6.07 Å². The van der Waals surface area contributed by atoms with E-state index in [-0.39, 0.29) is 29.0 Å². The number of benzene rings is 1. The lowest BCUT2D eigenvalue weighted by molar-refractivity contribution is -0.0626. The van der Waals surface area contributed by atoms with E-state index >= 15 is 0 Å². The van der Waals surface area contributed by atoms with E-state index in [1.807, 2.05) is 19.0 Å². The van der Waals surface area contributed by atoms with Crippen LogP contribution in [-0.4, -0.2) is 67.2 Å². The maximum Gasteiger partial charge on any atom is 0.243 e. The van der Waals surface area contributed by atoms with Gasteiger partial charge in [-0.25, -0.2) is 13.1 Å². The molecule has 1 aromatic carbocycles. The Kier molecular flexibility index (Phi) is 3.64. The van der Waals surface area contributed by atoms with Crippen LogP contribution in [0.1, 0.15) is 6.42 Å². The van der Waals surface area contributed by atoms with Crippen molar-refractivity contribution in [1.29, 1.82) is 0 Å². The molecule has 1 aliphatic carbocycles. The fraction of sp³-hybridized carbons (Fsp3) is 0.600. The van der Waals surface area contributed by atoms with Gasteiger partial charge in [-0.05, 0) is 32.6 Å². The van der Waals surface area contributed by atoms with E-state index in [0.29, 0.717) is 17.6 Å². The molecule has 130 valence electrons. The van der Waals surface area contributed by atoms with E-state index in [1.54, 1.807) is 25.2 Å². The summed E-state index contributed by atoms with van der Waals surface area (Å²) in [5.41, 5.74) is 0.965. The molecule has 2 aromatic rings. The number of likely N-dealkylation sites (N-methyl/N-ethyl adjacent to an activating group) is 1. The van der Waals surface area contributed by atoms with Crippen LogP contribution in [0.15, 0.2) is 23.1 Å². The van der Waals surface area contributed by atoms with Gasteiger partial charge in [0.1, 0.15) is 15.9 Å². The average Bonchev–Trinajstić information content (AvgIpc) is 3.06. The minimum Gasteiger partial charge on any atom is -0.376 e. The summed E-state index contributed by atoms with van der Waals surface area (Å²) in [6, 6.07) is 4.93. The highest BCUT2D eigenvalue weighted by molar-refractivity contribution is 7.89. The quantitative estimate of drug-likeness (QED) is 0.832. The number of fused-ring (bicyclic) bond motifs is 2. The molecule has 1 aromatic heterocycles. The smallest absolute Gasteiger partial charge is 0.243 e. The molecule has 1 aliphatic heterocycles. The Morgan fingerprint density at radius 1 is 1.33 bits per heavy atom. The van der Waals surface area contributed by atoms with Gasteiger partial charge in [0.2, 0.25) is 10.0 Å². The second-order valence-electron chi connectivity index (χ2n) is 6.70. The molecule has 0 spiro atoms. The monoisotopic (exact) mass is 351 g/mol. The van der Waals surface area contributed by atoms with E-state index in [0.717, 1.165) is 6.42 Å². The highest BCUT2D eigenvalue weighted by atomic mass is 32.2. The zero-order chi connectivity index (χ0) is 17.1. The Hall–Kier alpha value is -1.55. The number of rotatable bonds is 4. The highest BCUT2D eigenvalue weighted by Gasteiger charge is 2.56. The van der Waals surface area contributed by atoms with Gasteiger partial charge < -0.3 is 9.64 Å². The molecule has 4 atom stereocenters. The lowest BCUT2D eigenvalue weighted by atomic mass is 9.71. The first-order valence-corrected chi connectivity index (χ1v) is 9.47. The summed E-state index contributed by atoms with van der Waals surface area (Å²) in [5, 5.41) is 8.38. The lowest BCUT2D eigenvalue weighted by Gasteiger charge is -2.50. The molecule has 1 N–H and O–H groups in total. The fourth-order valence-corrected chi connectivity index (χ4v) is 5.38. The van der Waals surface area contributed by atoms with Crippen molar-refractivity contribution in [2.24, 2.45) is 13.0 Å². The first-order chi connectivity index (χ1) is 11.4. The molecule has 0 amide bonds. The first kappa shape index (κ1) is 15.9. The van der Waals surface area contributed by atoms with Crippen LogP contribution >= 0.6 is 0 Å². The van der Waals surface area contributed by atoms with Crippen molar-refractivity contribution in [1.82, 2.24) is 24.6 Å². The molecule has 1 saturated carbocycles. The number of aromatic nitrogens is 3. The number of hydrogen-bond donors (Lipinski definition) is 1. The molecule has 4 rings (SSSR count). The Labute approximate surface area is 140 Å². The van der Waals surface area contributed by atoms with Crippen molar-refractivity contribution >= 4 is 21.1 Å². The fourth-order valence-electron chi connectivity index (χ4n) is 3.92. The maximum atomic E-state index is 13.0. The molecular formula is C15H21N5O3S. The standard InChI is InChI=1S/C15H21N5O3S/c1-19(2)14-12(9-7-8-23-15(9)14)18-24(21,22)11-6-4-5-10-13(11)17-20(3)16-10/h4-6,9,12,14-15,18H,7-8H2,1-3H3/t9-,12+,14-,15-/m1/s1. The van der Waals surface area contributed by atoms with Gasteiger partial charge in [0.25, 0.3) is 0 Å². The summed E-state index contributed by atoms with van der Waals surface area (Å²) >= 11 is 0. The molecule has 2 heterocycles. The van der Waals surface area contributed by atoms with Crippen molar-refractivity contribution < 1.29 is 13.2 Å². The Bertz CT molecular complexity index is 878. The normalized spacial score (nSPS) is 29.8. The third kappa shape index (κ3) is 2.34. The van der Waals surface area contributed by atoms with Crippen molar-refractivity contribution in [3.8, 4) is 0 Å². The molecule has 0 bridgehead atoms. The summed E-state index contributed by atoms with van der Waals surface area (Å²) in [7, 11) is 1.90. The summed E-state index contributed by atoms with van der Waals surface area (Å²) in [4.78, 5) is 3.59. The Morgan fingerprint density at radius 3 is 2.88 bits per heavy atom. The van der Waals surface area contributed by atoms with Gasteiger partial charge in [-0.2, -0.15) is 15.0 Å². The molecule has 9 heteroatoms. The van der Waals surface area contributed by atoms with E-state index in [9.17, 15) is 8.42 Å². The predicted octanol–water partition coefficient (Wildman–Crippen LogP) is -0.0359. The van der Waals surface area contributed by atoms with Crippen LogP contribution in [0.25, 0.3) is 11.0 Å². The van der Waals surface area contributed by atoms with E-state index in [2.05, 4.69) is 14.9 Å². The SMILES string of the molecule is CN(C)[C@@H]1[C@@H](NS(=O)(=O)c2cccc3nn(C)nc23)[C@H]2CCO[C@H]21. The third-order valence-electron chi connectivity index (χ3n) is 5.00. The minimum absolute atomic E-state index is 0.0494. The van der Waals surface area contributed by atoms with Crippen molar-refractivity contribution in [2.75, 3.05) is 20.7 Å². The van der Waals surface area contributed by atoms with E-state index in [4.69, 9.17) is 4.74 Å². The first-order valence-electron chi connectivity index (χ1n) is 7.99. The Morgan fingerprint density at radius 2 is 2.12 bits per heavy atom. The number of nitrogens with one attached hydrogen (secondary N) is 1. The van der Waals surface area contributed by atoms with Crippen LogP contribution in [-0.2, 0) is 21.8 Å². The van der Waals surface area contributed by atoms with Crippen LogP contribution in [0.2, 0.25) is 0 Å². The van der Waals surface area contributed by atoms with Gasteiger partial charge in [0.05, 0.1) is 12.1 Å². The molecule has 0 unspecified atom stereocenters. The predicted molar refractivity (Wildman–Crippen MR) is 87.9 cm³/mol. The van der Waals surface area contributed by atoms with Gasteiger partial charge >= 0.3 is 0 Å². The third-order valence-corrected chi connectivity index (χ3v) is 6.49. The van der Waals surface area contributed by atoms with Gasteiger partial charge in [-0.15, -0.1) is 0 Å². The average molecular weight is 351 g/mol. The molecule has 8 nitrogen and oxygen atoms in total. The summed E-state index contributed by atoms with van der Waals surface area (Å²) in [6.45, 7) is 0.692. The second kappa shape index (κ2) is 5.48. The zero-order valence-corrected chi connectivity index (χ0v) is 14.7. The number of sulfonamides is 1. The van der Waals surface area contributed by atoms with Crippen LogP contribution in [0, 0.1) is 5.92 Å². The summed E-state index contributed by atoms with van der Waals surface area (Å²) < 4.78 is 34.6. The maximum absolute atomic E-state index is 13.0. The Balaban J connectivity index is 1.68. The van der Waals surface area contributed by atoms with E-state index < -0.39 is 10.0 Å². The molecule has 0 radical (unpaired) electrons. The summed E-state index contributed by atoms with van der Waals surface area (Å²) in [6.07, 6.45) is 0.998. The second-order valence-corrected chi connectivity index (χ2v) is 8.38. The molecule has 2 fully saturated rings. The van der Waals surface area contributed by atoms with Gasteiger partial charge in [-0.3, -0.25) is 0 Å². The van der Waals surface area contributed by atoms with Crippen LogP contribution in [0.3, 0.4) is 0 Å². The largest absolute Gasteiger partial charge is 0.376 e. The van der Waals surface area contributed by atoms with Crippen LogP contribution in [0.5, 0.6) is 0 Å². The van der Waals surface area contributed by atoms with Crippen LogP contribution < -0.4 is 4.72 Å². The molecular weight excluding hydrogens is 330 g/mol. The van der Waals surface area contributed by atoms with E-state index in [1.165, 1.54) is 4.80 Å². The number of aryl methyl sites for hydroxylation is 1. The van der Waals surface area contributed by atoms with Gasteiger partial charge in [0, 0.05) is 25.6 Å². The molecule has 24 heavy (non-hydrogen) atoms. The topological polar surface area (TPSA) is 89.4 Å². The lowest BCUT2D eigenvalue weighted by Crippen LogP contribution is -2.69. The molecule has 2 aliphatic rings. The van der Waals surface area contributed by atoms with Crippen molar-refractivity contribution in [3.05, 3.63) is 18.2 Å². The van der Waals surface area contributed by atoms with Crippen LogP contribution in [0.4, 0.5) is 0 Å². The number of hydrogen-bond acceptors (Lipinski definition) is 6. The minimum atomic E-state index is -3.69. The zero-order valence-electron chi connectivity index (χ0n) is 13.9. The van der Waals surface area contributed by atoms with Crippen molar-refractivity contribution in [2.45, 2.75) is 29.5 Å². The highest BCUT2D eigenvalue weighted by Crippen LogP contribution is 2.41. The van der Waals surface area contributed by atoms with Crippen molar-refractivity contribution in [3.63, 3.8) is 0 Å². The molecule has 1 saturated heterocycles. The van der Waals surface area contributed by atoms with Gasteiger partial charge in [0.15, 0.2) is 0 Å². The summed E-state index contributed by atoms with van der Waals surface area (Å²) in [5.74, 6) is 0.230. The number of ether oxygens (including phenoxy) is 1. The number of nitrogens with zero attached hydrogens (tertiary/aromatic N) is 4.